The number of hydrogen-bond acceptors (Lipinski definition) is 5. The maximum Gasteiger partial charge on any atom is 0.257 e. The van der Waals surface area contributed by atoms with Crippen molar-refractivity contribution < 1.29 is 9.26 Å². The summed E-state index contributed by atoms with van der Waals surface area (Å²) >= 11 is 0. The summed E-state index contributed by atoms with van der Waals surface area (Å²) < 4.78 is 10.1. The van der Waals surface area contributed by atoms with E-state index in [1.807, 2.05) is 0 Å². The second kappa shape index (κ2) is 3.43. The molecule has 1 unspecified atom stereocenters. The summed E-state index contributed by atoms with van der Waals surface area (Å²) in [5.74, 6) is 1.80. The number of methoxy groups -OCH3 is 1. The first kappa shape index (κ1) is 8.65. The molecule has 5 heteroatoms. The Balaban J connectivity index is 2.10. The van der Waals surface area contributed by atoms with Gasteiger partial charge in [0, 0.05) is 19.6 Å². The van der Waals surface area contributed by atoms with Gasteiger partial charge in [-0.15, -0.1) is 0 Å². The number of nitrogens with zero attached hydrogens (tertiary/aromatic N) is 2. The Morgan fingerprint density at radius 3 is 3.00 bits per heavy atom. The second-order valence-electron chi connectivity index (χ2n) is 3.23. The van der Waals surface area contributed by atoms with Crippen molar-refractivity contribution in [2.45, 2.75) is 24.9 Å². The molecule has 0 aliphatic heterocycles. The fraction of sp³-hybridized carbons (Fsp3) is 0.750. The Labute approximate surface area is 76.3 Å². The van der Waals surface area contributed by atoms with Crippen LogP contribution in [0.5, 0.6) is 0 Å². The van der Waals surface area contributed by atoms with Gasteiger partial charge >= 0.3 is 0 Å². The minimum atomic E-state index is -0.264. The predicted molar refractivity (Wildman–Crippen MR) is 45.1 cm³/mol. The van der Waals surface area contributed by atoms with E-state index in [-0.39, 0.29) is 6.10 Å². The molecule has 1 saturated carbocycles. The number of nitrogens with two attached hydrogens (primary N) is 1. The van der Waals surface area contributed by atoms with Gasteiger partial charge in [-0.05, 0) is 12.8 Å². The summed E-state index contributed by atoms with van der Waals surface area (Å²) in [6.07, 6.45) is 2.07. The van der Waals surface area contributed by atoms with Crippen molar-refractivity contribution in [2.75, 3.05) is 13.7 Å². The van der Waals surface area contributed by atoms with Crippen LogP contribution in [0.1, 0.15) is 36.6 Å². The van der Waals surface area contributed by atoms with E-state index in [4.69, 9.17) is 15.0 Å². The van der Waals surface area contributed by atoms with Gasteiger partial charge in [0.1, 0.15) is 6.10 Å². The zero-order valence-electron chi connectivity index (χ0n) is 7.56. The zero-order valence-corrected chi connectivity index (χ0v) is 7.56. The summed E-state index contributed by atoms with van der Waals surface area (Å²) in [5.41, 5.74) is 5.46. The molecule has 72 valence electrons. The van der Waals surface area contributed by atoms with Gasteiger partial charge in [0.2, 0.25) is 0 Å². The second-order valence-corrected chi connectivity index (χ2v) is 3.23. The van der Waals surface area contributed by atoms with E-state index in [1.54, 1.807) is 7.11 Å². The molecule has 13 heavy (non-hydrogen) atoms. The molecular weight excluding hydrogens is 170 g/mol. The highest BCUT2D eigenvalue weighted by Gasteiger charge is 2.29. The van der Waals surface area contributed by atoms with Crippen LogP contribution in [0, 0.1) is 0 Å². The van der Waals surface area contributed by atoms with Crippen molar-refractivity contribution in [3.63, 3.8) is 0 Å². The molecule has 0 spiro atoms. The van der Waals surface area contributed by atoms with Crippen molar-refractivity contribution in [3.05, 3.63) is 11.7 Å². The van der Waals surface area contributed by atoms with Crippen LogP contribution in [0.3, 0.4) is 0 Å². The summed E-state index contributed by atoms with van der Waals surface area (Å²) in [6, 6.07) is 0. The fourth-order valence-electron chi connectivity index (χ4n) is 1.18. The van der Waals surface area contributed by atoms with Crippen molar-refractivity contribution in [2.24, 2.45) is 5.73 Å². The Bertz CT molecular complexity index is 279. The number of hydrogen-bond donors (Lipinski definition) is 1. The predicted octanol–water partition coefficient (Wildman–Crippen LogP) is 0.593. The van der Waals surface area contributed by atoms with Gasteiger partial charge in [-0.2, -0.15) is 4.98 Å². The minimum absolute atomic E-state index is 0.264. The summed E-state index contributed by atoms with van der Waals surface area (Å²) in [5, 5.41) is 3.87. The van der Waals surface area contributed by atoms with Crippen LogP contribution in [0.15, 0.2) is 4.52 Å². The molecule has 0 amide bonds. The fourth-order valence-corrected chi connectivity index (χ4v) is 1.18. The molecule has 1 fully saturated rings. The van der Waals surface area contributed by atoms with Gasteiger partial charge in [0.15, 0.2) is 5.82 Å². The third-order valence-electron chi connectivity index (χ3n) is 2.17. The molecule has 0 bridgehead atoms. The molecular formula is C8H13N3O2. The average molecular weight is 183 g/mol. The van der Waals surface area contributed by atoms with E-state index in [0.717, 1.165) is 5.82 Å². The molecule has 1 aromatic heterocycles. The maximum absolute atomic E-state index is 5.46. The van der Waals surface area contributed by atoms with Crippen LogP contribution in [0.2, 0.25) is 0 Å². The molecule has 0 aromatic carbocycles. The zero-order chi connectivity index (χ0) is 9.26. The van der Waals surface area contributed by atoms with Gasteiger partial charge in [0.25, 0.3) is 5.89 Å². The summed E-state index contributed by atoms with van der Waals surface area (Å²) in [4.78, 5) is 4.23. The van der Waals surface area contributed by atoms with Crippen LogP contribution in [-0.4, -0.2) is 23.8 Å². The average Bonchev–Trinajstić information content (AvgIpc) is 2.89. The van der Waals surface area contributed by atoms with Gasteiger partial charge in [0.05, 0.1) is 0 Å². The molecule has 1 aromatic rings. The van der Waals surface area contributed by atoms with Gasteiger partial charge in [-0.25, -0.2) is 0 Å². The first-order valence-electron chi connectivity index (χ1n) is 4.41. The summed E-state index contributed by atoms with van der Waals surface area (Å²) in [7, 11) is 1.58. The van der Waals surface area contributed by atoms with Crippen LogP contribution >= 0.6 is 0 Å². The monoisotopic (exact) mass is 183 g/mol. The lowest BCUT2D eigenvalue weighted by Gasteiger charge is -2.05. The first-order valence-corrected chi connectivity index (χ1v) is 4.41. The van der Waals surface area contributed by atoms with Crippen LogP contribution in [0.25, 0.3) is 0 Å². The Morgan fingerprint density at radius 2 is 2.46 bits per heavy atom. The van der Waals surface area contributed by atoms with Gasteiger partial charge in [-0.1, -0.05) is 5.16 Å². The molecule has 5 nitrogen and oxygen atoms in total. The SMILES string of the molecule is COC(CN)c1nc(C2CC2)no1. The number of ether oxygens (including phenoxy) is 1. The van der Waals surface area contributed by atoms with Crippen LogP contribution in [-0.2, 0) is 4.74 Å². The van der Waals surface area contributed by atoms with Crippen molar-refractivity contribution in [1.29, 1.82) is 0 Å². The van der Waals surface area contributed by atoms with E-state index >= 15 is 0 Å². The van der Waals surface area contributed by atoms with Crippen LogP contribution in [0.4, 0.5) is 0 Å². The standard InChI is InChI=1S/C8H13N3O2/c1-12-6(4-9)8-10-7(11-13-8)5-2-3-5/h5-6H,2-4,9H2,1H3. The third kappa shape index (κ3) is 1.71. The molecule has 1 atom stereocenters. The summed E-state index contributed by atoms with van der Waals surface area (Å²) in [6.45, 7) is 0.364. The lowest BCUT2D eigenvalue weighted by molar-refractivity contribution is 0.0804. The molecule has 2 N–H and O–H groups in total. The molecule has 1 aliphatic carbocycles. The lowest BCUT2D eigenvalue weighted by Crippen LogP contribution is -2.14. The number of rotatable bonds is 4. The first-order chi connectivity index (χ1) is 6.35. The van der Waals surface area contributed by atoms with E-state index in [2.05, 4.69) is 10.1 Å². The topological polar surface area (TPSA) is 74.2 Å². The van der Waals surface area contributed by atoms with Crippen LogP contribution < -0.4 is 5.73 Å². The Hall–Kier alpha value is -0.940. The van der Waals surface area contributed by atoms with E-state index in [9.17, 15) is 0 Å². The van der Waals surface area contributed by atoms with Crippen molar-refractivity contribution >= 4 is 0 Å². The van der Waals surface area contributed by atoms with E-state index in [0.29, 0.717) is 18.4 Å². The quantitative estimate of drug-likeness (QED) is 0.739. The van der Waals surface area contributed by atoms with Gasteiger partial charge < -0.3 is 15.0 Å². The largest absolute Gasteiger partial charge is 0.370 e. The highest BCUT2D eigenvalue weighted by Crippen LogP contribution is 2.38. The normalized spacial score (nSPS) is 18.9. The Morgan fingerprint density at radius 1 is 1.69 bits per heavy atom. The Kier molecular flexibility index (Phi) is 2.28. The third-order valence-corrected chi connectivity index (χ3v) is 2.17. The maximum atomic E-state index is 5.46. The van der Waals surface area contributed by atoms with Gasteiger partial charge in [-0.3, -0.25) is 0 Å². The minimum Gasteiger partial charge on any atom is -0.370 e. The molecule has 1 heterocycles. The highest BCUT2D eigenvalue weighted by atomic mass is 16.5. The van der Waals surface area contributed by atoms with E-state index < -0.39 is 0 Å². The number of aromatic nitrogens is 2. The van der Waals surface area contributed by atoms with E-state index in [1.165, 1.54) is 12.8 Å². The molecule has 0 radical (unpaired) electrons. The highest BCUT2D eigenvalue weighted by molar-refractivity contribution is 5.04. The van der Waals surface area contributed by atoms with Crippen molar-refractivity contribution in [1.82, 2.24) is 10.1 Å². The molecule has 0 saturated heterocycles. The molecule has 1 aliphatic rings. The smallest absolute Gasteiger partial charge is 0.257 e. The van der Waals surface area contributed by atoms with Crippen molar-refractivity contribution in [3.8, 4) is 0 Å². The lowest BCUT2D eigenvalue weighted by atomic mass is 10.3. The molecule has 2 rings (SSSR count).